The van der Waals surface area contributed by atoms with E-state index in [1.807, 2.05) is 0 Å². The molecule has 0 aliphatic heterocycles. The Morgan fingerprint density at radius 2 is 2.30 bits per heavy atom. The minimum absolute atomic E-state index is 0.220. The molecule has 0 fully saturated rings. The predicted octanol–water partition coefficient (Wildman–Crippen LogP) is 2.14. The maximum absolute atomic E-state index is 12.1. The molecule has 6 nitrogen and oxygen atoms in total. The molecule has 0 saturated carbocycles. The Morgan fingerprint density at radius 3 is 2.80 bits per heavy atom. The van der Waals surface area contributed by atoms with Crippen LogP contribution in [0, 0.1) is 6.92 Å². The molecule has 0 aromatic carbocycles. The van der Waals surface area contributed by atoms with E-state index in [1.165, 1.54) is 23.7 Å². The second-order valence-electron chi connectivity index (χ2n) is 4.23. The van der Waals surface area contributed by atoms with Crippen LogP contribution in [0.2, 0.25) is 0 Å². The van der Waals surface area contributed by atoms with E-state index in [1.54, 1.807) is 24.4 Å². The number of hydrogen-bond donors (Lipinski definition) is 2. The second-order valence-corrected chi connectivity index (χ2v) is 6.85. The van der Waals surface area contributed by atoms with Gasteiger partial charge in [-0.15, -0.1) is 11.3 Å². The van der Waals surface area contributed by atoms with Gasteiger partial charge < -0.3 is 9.52 Å². The normalized spacial score (nSPS) is 13.2. The molecule has 2 N–H and O–H groups in total. The third-order valence-corrected chi connectivity index (χ3v) is 4.86. The topological polar surface area (TPSA) is 96.6 Å². The van der Waals surface area contributed by atoms with Crippen molar-refractivity contribution in [2.75, 3.05) is 0 Å². The van der Waals surface area contributed by atoms with Gasteiger partial charge in [0.15, 0.2) is 0 Å². The quantitative estimate of drug-likeness (QED) is 0.851. The molecule has 0 radical (unpaired) electrons. The molecular weight excluding hydrogens is 302 g/mol. The summed E-state index contributed by atoms with van der Waals surface area (Å²) in [5.41, 5.74) is 0.677. The average molecular weight is 315 g/mol. The fourth-order valence-electron chi connectivity index (χ4n) is 1.66. The largest absolute Gasteiger partial charge is 0.481 e. The number of rotatable bonds is 6. The van der Waals surface area contributed by atoms with Crippen molar-refractivity contribution < 1.29 is 22.7 Å². The standard InChI is InChI=1S/C12H13NO5S2/c1-8-5-12(18-7-8)20(16,17)13-9(6-11(14)15)10-3-2-4-19-10/h2-5,7,9,13H,6H2,1H3,(H,14,15). The smallest absolute Gasteiger partial charge is 0.305 e. The highest BCUT2D eigenvalue weighted by Crippen LogP contribution is 2.25. The second kappa shape index (κ2) is 5.78. The number of carboxylic acids is 1. The minimum Gasteiger partial charge on any atom is -0.481 e. The lowest BCUT2D eigenvalue weighted by molar-refractivity contribution is -0.137. The zero-order chi connectivity index (χ0) is 14.8. The summed E-state index contributed by atoms with van der Waals surface area (Å²) >= 11 is 1.29. The summed E-state index contributed by atoms with van der Waals surface area (Å²) in [6, 6.07) is 3.99. The molecule has 0 spiro atoms. The van der Waals surface area contributed by atoms with Crippen LogP contribution in [-0.2, 0) is 14.8 Å². The molecule has 2 aromatic rings. The Bertz CT molecular complexity index is 687. The highest BCUT2D eigenvalue weighted by atomic mass is 32.2. The first kappa shape index (κ1) is 14.8. The van der Waals surface area contributed by atoms with E-state index in [0.29, 0.717) is 10.4 Å². The van der Waals surface area contributed by atoms with Gasteiger partial charge in [0.05, 0.1) is 18.7 Å². The molecule has 108 valence electrons. The predicted molar refractivity (Wildman–Crippen MR) is 73.1 cm³/mol. The maximum Gasteiger partial charge on any atom is 0.305 e. The van der Waals surface area contributed by atoms with Crippen LogP contribution in [0.1, 0.15) is 22.9 Å². The minimum atomic E-state index is -3.88. The molecule has 2 aromatic heterocycles. The first-order valence-electron chi connectivity index (χ1n) is 5.71. The van der Waals surface area contributed by atoms with Crippen LogP contribution in [0.15, 0.2) is 39.4 Å². The van der Waals surface area contributed by atoms with Gasteiger partial charge in [-0.25, -0.2) is 8.42 Å². The maximum atomic E-state index is 12.1. The van der Waals surface area contributed by atoms with Gasteiger partial charge in [-0.2, -0.15) is 4.72 Å². The van der Waals surface area contributed by atoms with Crippen LogP contribution in [0.4, 0.5) is 0 Å². The number of thiophene rings is 1. The van der Waals surface area contributed by atoms with E-state index in [9.17, 15) is 13.2 Å². The molecule has 0 amide bonds. The SMILES string of the molecule is Cc1coc(S(=O)(=O)NC(CC(=O)O)c2cccs2)c1. The summed E-state index contributed by atoms with van der Waals surface area (Å²) in [7, 11) is -3.88. The summed E-state index contributed by atoms with van der Waals surface area (Å²) in [6.45, 7) is 1.70. The average Bonchev–Trinajstić information content (AvgIpc) is 2.97. The summed E-state index contributed by atoms with van der Waals surface area (Å²) in [5, 5.41) is 10.4. The number of furan rings is 1. The van der Waals surface area contributed by atoms with E-state index in [4.69, 9.17) is 9.52 Å². The van der Waals surface area contributed by atoms with Gasteiger partial charge in [-0.05, 0) is 23.9 Å². The Balaban J connectivity index is 2.25. The zero-order valence-electron chi connectivity index (χ0n) is 10.6. The molecule has 0 bridgehead atoms. The van der Waals surface area contributed by atoms with Crippen molar-refractivity contribution in [3.8, 4) is 0 Å². The van der Waals surface area contributed by atoms with Crippen molar-refractivity contribution in [2.45, 2.75) is 24.5 Å². The van der Waals surface area contributed by atoms with E-state index in [0.717, 1.165) is 0 Å². The van der Waals surface area contributed by atoms with Gasteiger partial charge in [-0.1, -0.05) is 6.07 Å². The summed E-state index contributed by atoms with van der Waals surface area (Å²) in [4.78, 5) is 11.5. The fraction of sp³-hybridized carbons (Fsp3) is 0.250. The van der Waals surface area contributed by atoms with Gasteiger partial charge in [0.1, 0.15) is 0 Å². The van der Waals surface area contributed by atoms with Crippen LogP contribution < -0.4 is 4.72 Å². The zero-order valence-corrected chi connectivity index (χ0v) is 12.2. The Kier molecular flexibility index (Phi) is 4.26. The van der Waals surface area contributed by atoms with Crippen LogP contribution >= 0.6 is 11.3 Å². The van der Waals surface area contributed by atoms with Crippen molar-refractivity contribution >= 4 is 27.3 Å². The van der Waals surface area contributed by atoms with Crippen molar-refractivity contribution in [3.05, 3.63) is 40.3 Å². The fourth-order valence-corrected chi connectivity index (χ4v) is 3.73. The lowest BCUT2D eigenvalue weighted by Gasteiger charge is -2.14. The number of aliphatic carboxylic acids is 1. The van der Waals surface area contributed by atoms with E-state index >= 15 is 0 Å². The summed E-state index contributed by atoms with van der Waals surface area (Å²) < 4.78 is 31.6. The van der Waals surface area contributed by atoms with Gasteiger partial charge >= 0.3 is 5.97 Å². The first-order valence-corrected chi connectivity index (χ1v) is 8.07. The summed E-state index contributed by atoms with van der Waals surface area (Å²) in [5.74, 6) is -1.08. The lowest BCUT2D eigenvalue weighted by Crippen LogP contribution is -2.29. The number of nitrogens with one attached hydrogen (secondary N) is 1. The Labute approximate surface area is 120 Å². The number of aryl methyl sites for hydroxylation is 1. The van der Waals surface area contributed by atoms with Crippen LogP contribution in [0.5, 0.6) is 0 Å². The van der Waals surface area contributed by atoms with Crippen LogP contribution in [0.3, 0.4) is 0 Å². The third kappa shape index (κ3) is 3.47. The van der Waals surface area contributed by atoms with Gasteiger partial charge in [0, 0.05) is 10.9 Å². The molecule has 2 rings (SSSR count). The number of hydrogen-bond acceptors (Lipinski definition) is 5. The number of carbonyl (C=O) groups is 1. The molecule has 8 heteroatoms. The molecule has 0 aliphatic rings. The lowest BCUT2D eigenvalue weighted by atomic mass is 10.2. The third-order valence-electron chi connectivity index (χ3n) is 2.53. The first-order chi connectivity index (χ1) is 9.38. The highest BCUT2D eigenvalue weighted by molar-refractivity contribution is 7.89. The Morgan fingerprint density at radius 1 is 1.55 bits per heavy atom. The van der Waals surface area contributed by atoms with E-state index in [-0.39, 0.29) is 11.5 Å². The van der Waals surface area contributed by atoms with Gasteiger partial charge in [0.2, 0.25) is 5.09 Å². The molecular formula is C12H13NO5S2. The van der Waals surface area contributed by atoms with E-state index < -0.39 is 22.0 Å². The molecule has 2 heterocycles. The molecule has 1 atom stereocenters. The van der Waals surface area contributed by atoms with Crippen molar-refractivity contribution in [1.82, 2.24) is 4.72 Å². The molecule has 1 unspecified atom stereocenters. The van der Waals surface area contributed by atoms with Crippen molar-refractivity contribution in [2.24, 2.45) is 0 Å². The van der Waals surface area contributed by atoms with Gasteiger partial charge in [0.25, 0.3) is 10.0 Å². The molecule has 0 saturated heterocycles. The van der Waals surface area contributed by atoms with Crippen LogP contribution in [0.25, 0.3) is 0 Å². The highest BCUT2D eigenvalue weighted by Gasteiger charge is 2.26. The molecule has 0 aliphatic carbocycles. The molecule has 20 heavy (non-hydrogen) atoms. The number of sulfonamides is 1. The van der Waals surface area contributed by atoms with E-state index in [2.05, 4.69) is 4.72 Å². The summed E-state index contributed by atoms with van der Waals surface area (Å²) in [6.07, 6.45) is 0.991. The Hall–Kier alpha value is -1.64. The van der Waals surface area contributed by atoms with Gasteiger partial charge in [-0.3, -0.25) is 4.79 Å². The monoisotopic (exact) mass is 315 g/mol. The number of carboxylic acid groups (broad SMARTS) is 1. The van der Waals surface area contributed by atoms with Crippen molar-refractivity contribution in [1.29, 1.82) is 0 Å². The van der Waals surface area contributed by atoms with Crippen molar-refractivity contribution in [3.63, 3.8) is 0 Å². The van der Waals surface area contributed by atoms with Crippen LogP contribution in [-0.4, -0.2) is 19.5 Å².